The van der Waals surface area contributed by atoms with E-state index >= 15 is 0 Å². The van der Waals surface area contributed by atoms with E-state index in [1.165, 1.54) is 11.1 Å². The number of hydrogen-bond acceptors (Lipinski definition) is 3. The van der Waals surface area contributed by atoms with Crippen LogP contribution in [0.1, 0.15) is 24.5 Å². The van der Waals surface area contributed by atoms with Gasteiger partial charge in [-0.05, 0) is 38.8 Å². The van der Waals surface area contributed by atoms with Gasteiger partial charge in [-0.1, -0.05) is 17.7 Å². The molecular formula is C15H23NO2S. The van der Waals surface area contributed by atoms with Gasteiger partial charge in [-0.3, -0.25) is 4.79 Å². The quantitative estimate of drug-likeness (QED) is 0.815. The summed E-state index contributed by atoms with van der Waals surface area (Å²) in [6.45, 7) is 6.45. The molecule has 0 bridgehead atoms. The van der Waals surface area contributed by atoms with Crippen molar-refractivity contribution in [3.05, 3.63) is 29.3 Å². The van der Waals surface area contributed by atoms with Gasteiger partial charge in [-0.15, -0.1) is 11.8 Å². The van der Waals surface area contributed by atoms with Crippen LogP contribution in [-0.4, -0.2) is 41.4 Å². The van der Waals surface area contributed by atoms with Crippen molar-refractivity contribution < 1.29 is 9.90 Å². The highest BCUT2D eigenvalue weighted by molar-refractivity contribution is 8.00. The minimum absolute atomic E-state index is 0.103. The van der Waals surface area contributed by atoms with E-state index in [-0.39, 0.29) is 12.0 Å². The molecule has 1 rings (SSSR count). The van der Waals surface area contributed by atoms with Crippen LogP contribution in [0.5, 0.6) is 0 Å². The molecule has 0 aliphatic rings. The molecule has 0 aliphatic carbocycles. The smallest absolute Gasteiger partial charge is 0.232 e. The molecule has 0 fully saturated rings. The van der Waals surface area contributed by atoms with Crippen molar-refractivity contribution in [3.8, 4) is 0 Å². The molecule has 0 aromatic heterocycles. The second kappa shape index (κ2) is 7.56. The second-order valence-corrected chi connectivity index (χ2v) is 6.03. The van der Waals surface area contributed by atoms with E-state index in [0.29, 0.717) is 18.7 Å². The zero-order valence-corrected chi connectivity index (χ0v) is 13.0. The molecule has 4 heteroatoms. The van der Waals surface area contributed by atoms with E-state index in [9.17, 15) is 9.90 Å². The van der Waals surface area contributed by atoms with Gasteiger partial charge in [-0.2, -0.15) is 0 Å². The summed E-state index contributed by atoms with van der Waals surface area (Å²) in [7, 11) is 1.79. The molecule has 0 heterocycles. The highest BCUT2D eigenvalue weighted by Gasteiger charge is 2.11. The van der Waals surface area contributed by atoms with Crippen molar-refractivity contribution in [2.45, 2.75) is 38.2 Å². The van der Waals surface area contributed by atoms with Crippen LogP contribution in [0.4, 0.5) is 0 Å². The summed E-state index contributed by atoms with van der Waals surface area (Å²) in [5, 5.41) is 9.21. The Morgan fingerprint density at radius 2 is 2.11 bits per heavy atom. The maximum atomic E-state index is 11.9. The minimum atomic E-state index is -0.359. The molecule has 0 saturated heterocycles. The summed E-state index contributed by atoms with van der Waals surface area (Å²) in [5.74, 6) is 0.548. The molecule has 19 heavy (non-hydrogen) atoms. The fraction of sp³-hybridized carbons (Fsp3) is 0.533. The summed E-state index contributed by atoms with van der Waals surface area (Å²) in [5.41, 5.74) is 2.41. The second-order valence-electron chi connectivity index (χ2n) is 5.01. The van der Waals surface area contributed by atoms with Gasteiger partial charge in [0.05, 0.1) is 11.9 Å². The highest BCUT2D eigenvalue weighted by atomic mass is 32.2. The van der Waals surface area contributed by atoms with Gasteiger partial charge in [0.2, 0.25) is 5.91 Å². The van der Waals surface area contributed by atoms with Crippen LogP contribution in [-0.2, 0) is 4.79 Å². The van der Waals surface area contributed by atoms with Crippen LogP contribution in [0.25, 0.3) is 0 Å². The Hall–Kier alpha value is -1.00. The topological polar surface area (TPSA) is 40.5 Å². The summed E-state index contributed by atoms with van der Waals surface area (Å²) < 4.78 is 0. The maximum absolute atomic E-state index is 11.9. The lowest BCUT2D eigenvalue weighted by molar-refractivity contribution is -0.127. The molecule has 0 aliphatic heterocycles. The number of amides is 1. The van der Waals surface area contributed by atoms with Gasteiger partial charge in [0.25, 0.3) is 0 Å². The lowest BCUT2D eigenvalue weighted by atomic mass is 10.2. The molecular weight excluding hydrogens is 258 g/mol. The molecule has 1 atom stereocenters. The number of carbonyl (C=O) groups excluding carboxylic acids is 1. The number of aliphatic hydroxyl groups excluding tert-OH is 1. The van der Waals surface area contributed by atoms with Crippen molar-refractivity contribution in [3.63, 3.8) is 0 Å². The van der Waals surface area contributed by atoms with Crippen LogP contribution < -0.4 is 0 Å². The summed E-state index contributed by atoms with van der Waals surface area (Å²) in [6.07, 6.45) is 0.262. The van der Waals surface area contributed by atoms with Gasteiger partial charge in [0.1, 0.15) is 0 Å². The number of hydrogen-bond donors (Lipinski definition) is 1. The zero-order valence-electron chi connectivity index (χ0n) is 12.1. The normalized spacial score (nSPS) is 12.3. The first-order valence-corrected chi connectivity index (χ1v) is 7.50. The fourth-order valence-electron chi connectivity index (χ4n) is 1.62. The lowest BCUT2D eigenvalue weighted by Crippen LogP contribution is -2.30. The Kier molecular flexibility index (Phi) is 6.38. The number of aliphatic hydroxyl groups is 1. The first-order chi connectivity index (χ1) is 8.90. The van der Waals surface area contributed by atoms with Crippen molar-refractivity contribution in [1.29, 1.82) is 0 Å². The molecule has 106 valence electrons. The van der Waals surface area contributed by atoms with E-state index in [1.54, 1.807) is 30.6 Å². The van der Waals surface area contributed by atoms with E-state index in [4.69, 9.17) is 0 Å². The van der Waals surface area contributed by atoms with Gasteiger partial charge < -0.3 is 10.0 Å². The molecule has 1 aromatic carbocycles. The van der Waals surface area contributed by atoms with Gasteiger partial charge in [-0.25, -0.2) is 0 Å². The van der Waals surface area contributed by atoms with E-state index in [0.717, 1.165) is 4.90 Å². The van der Waals surface area contributed by atoms with Gasteiger partial charge in [0, 0.05) is 18.5 Å². The third kappa shape index (κ3) is 5.66. The van der Waals surface area contributed by atoms with E-state index in [2.05, 4.69) is 32.0 Å². The average Bonchev–Trinajstić information content (AvgIpc) is 2.36. The standard InChI is InChI=1S/C15H23NO2S/c1-11-5-6-12(2)14(9-11)19-10-15(18)16(4)8-7-13(3)17/h5-6,9,13,17H,7-8,10H2,1-4H3. The Balaban J connectivity index is 2.47. The van der Waals surface area contributed by atoms with Crippen LogP contribution in [0.2, 0.25) is 0 Å². The molecule has 0 spiro atoms. The number of rotatable bonds is 6. The molecule has 0 saturated carbocycles. The van der Waals surface area contributed by atoms with Gasteiger partial charge in [0.15, 0.2) is 0 Å². The van der Waals surface area contributed by atoms with Crippen molar-refractivity contribution in [2.75, 3.05) is 19.3 Å². The molecule has 1 unspecified atom stereocenters. The predicted octanol–water partition coefficient (Wildman–Crippen LogP) is 2.62. The maximum Gasteiger partial charge on any atom is 0.232 e. The van der Waals surface area contributed by atoms with Crippen LogP contribution in [0.15, 0.2) is 23.1 Å². The van der Waals surface area contributed by atoms with Crippen LogP contribution in [0, 0.1) is 13.8 Å². The zero-order chi connectivity index (χ0) is 14.4. The largest absolute Gasteiger partial charge is 0.393 e. The summed E-state index contributed by atoms with van der Waals surface area (Å²) >= 11 is 1.58. The molecule has 0 radical (unpaired) electrons. The minimum Gasteiger partial charge on any atom is -0.393 e. The Labute approximate surface area is 120 Å². The number of benzene rings is 1. The Morgan fingerprint density at radius 3 is 2.74 bits per heavy atom. The molecule has 1 aromatic rings. The first-order valence-electron chi connectivity index (χ1n) is 6.52. The van der Waals surface area contributed by atoms with Gasteiger partial charge >= 0.3 is 0 Å². The SMILES string of the molecule is Cc1ccc(C)c(SCC(=O)N(C)CCC(C)O)c1. The Morgan fingerprint density at radius 1 is 1.42 bits per heavy atom. The fourth-order valence-corrected chi connectivity index (χ4v) is 2.68. The van der Waals surface area contributed by atoms with E-state index in [1.807, 2.05) is 0 Å². The summed E-state index contributed by atoms with van der Waals surface area (Å²) in [4.78, 5) is 14.8. The number of carbonyl (C=O) groups is 1. The Bertz CT molecular complexity index is 432. The van der Waals surface area contributed by atoms with Crippen LogP contribution in [0.3, 0.4) is 0 Å². The van der Waals surface area contributed by atoms with Crippen molar-refractivity contribution in [1.82, 2.24) is 4.90 Å². The molecule has 1 amide bonds. The number of thioether (sulfide) groups is 1. The van der Waals surface area contributed by atoms with E-state index < -0.39 is 0 Å². The number of aryl methyl sites for hydroxylation is 2. The third-order valence-electron chi connectivity index (χ3n) is 3.00. The predicted molar refractivity (Wildman–Crippen MR) is 80.6 cm³/mol. The van der Waals surface area contributed by atoms with Crippen molar-refractivity contribution in [2.24, 2.45) is 0 Å². The summed E-state index contributed by atoms with van der Waals surface area (Å²) in [6, 6.07) is 6.28. The molecule has 1 N–H and O–H groups in total. The molecule has 3 nitrogen and oxygen atoms in total. The first kappa shape index (κ1) is 16.1. The average molecular weight is 281 g/mol. The monoisotopic (exact) mass is 281 g/mol. The third-order valence-corrected chi connectivity index (χ3v) is 4.14. The number of nitrogens with zero attached hydrogens (tertiary/aromatic N) is 1. The highest BCUT2D eigenvalue weighted by Crippen LogP contribution is 2.23. The lowest BCUT2D eigenvalue weighted by Gasteiger charge is -2.18. The van der Waals surface area contributed by atoms with Crippen molar-refractivity contribution >= 4 is 17.7 Å². The van der Waals surface area contributed by atoms with Crippen LogP contribution >= 0.6 is 11.8 Å².